The fraction of sp³-hybridized carbons (Fsp3) is 0.400. The molecule has 2 rings (SSSR count). The van der Waals surface area contributed by atoms with Crippen LogP contribution in [0.5, 0.6) is 0 Å². The fourth-order valence-electron chi connectivity index (χ4n) is 1.88. The molecule has 0 saturated heterocycles. The maximum atomic E-state index is 11.3. The molecule has 1 N–H and O–H groups in total. The number of nitrogens with one attached hydrogen (secondary N) is 1. The van der Waals surface area contributed by atoms with Crippen LogP contribution in [0.4, 0.5) is 10.8 Å². The summed E-state index contributed by atoms with van der Waals surface area (Å²) in [5, 5.41) is 6.03. The second kappa shape index (κ2) is 7.17. The number of aromatic nitrogens is 2. The normalized spacial score (nSPS) is 10.4. The molecular weight excluding hydrogens is 286 g/mol. The lowest BCUT2D eigenvalue weighted by Gasteiger charge is -2.06. The summed E-state index contributed by atoms with van der Waals surface area (Å²) < 4.78 is 4.91. The third kappa shape index (κ3) is 4.53. The van der Waals surface area contributed by atoms with Crippen LogP contribution in [-0.4, -0.2) is 22.5 Å². The molecular formula is C15H19N3O2S. The van der Waals surface area contributed by atoms with Crippen molar-refractivity contribution in [3.63, 3.8) is 0 Å². The fourth-order valence-corrected chi connectivity index (χ4v) is 2.63. The number of nitrogens with zero attached hydrogens (tertiary/aromatic N) is 2. The van der Waals surface area contributed by atoms with Gasteiger partial charge in [-0.05, 0) is 32.9 Å². The van der Waals surface area contributed by atoms with Gasteiger partial charge in [0.25, 0.3) is 0 Å². The minimum atomic E-state index is -0.182. The Morgan fingerprint density at radius 2 is 2.14 bits per heavy atom. The Labute approximate surface area is 128 Å². The number of pyridine rings is 1. The summed E-state index contributed by atoms with van der Waals surface area (Å²) in [6.45, 7) is 6.15. The number of rotatable bonds is 6. The van der Waals surface area contributed by atoms with Gasteiger partial charge < -0.3 is 10.1 Å². The van der Waals surface area contributed by atoms with Crippen LogP contribution >= 0.6 is 11.3 Å². The van der Waals surface area contributed by atoms with E-state index in [-0.39, 0.29) is 5.97 Å². The van der Waals surface area contributed by atoms with E-state index < -0.39 is 0 Å². The molecule has 0 bridgehead atoms. The largest absolute Gasteiger partial charge is 0.466 e. The molecule has 2 aromatic rings. The predicted molar refractivity (Wildman–Crippen MR) is 84.1 cm³/mol. The van der Waals surface area contributed by atoms with Crippen LogP contribution in [0.3, 0.4) is 0 Å². The molecule has 0 aromatic carbocycles. The number of esters is 1. The molecule has 0 aliphatic carbocycles. The Balaban J connectivity index is 1.95. The summed E-state index contributed by atoms with van der Waals surface area (Å²) in [5.41, 5.74) is 3.78. The van der Waals surface area contributed by atoms with Gasteiger partial charge in [-0.1, -0.05) is 0 Å². The summed E-state index contributed by atoms with van der Waals surface area (Å²) in [5.74, 6) is -0.182. The van der Waals surface area contributed by atoms with Crippen molar-refractivity contribution in [1.29, 1.82) is 0 Å². The average Bonchev–Trinajstić information content (AvgIpc) is 2.88. The number of anilines is 2. The second-order valence-electron chi connectivity index (χ2n) is 4.66. The van der Waals surface area contributed by atoms with Gasteiger partial charge >= 0.3 is 5.97 Å². The lowest BCUT2D eigenvalue weighted by molar-refractivity contribution is -0.143. The lowest BCUT2D eigenvalue weighted by atomic mass is 10.2. The van der Waals surface area contributed by atoms with Crippen molar-refractivity contribution in [2.24, 2.45) is 0 Å². The zero-order valence-electron chi connectivity index (χ0n) is 12.5. The zero-order valence-corrected chi connectivity index (χ0v) is 13.3. The van der Waals surface area contributed by atoms with E-state index in [1.165, 1.54) is 11.3 Å². The van der Waals surface area contributed by atoms with E-state index in [1.807, 2.05) is 31.4 Å². The molecule has 6 heteroatoms. The van der Waals surface area contributed by atoms with Gasteiger partial charge in [-0.2, -0.15) is 0 Å². The smallest absolute Gasteiger partial charge is 0.306 e. The summed E-state index contributed by atoms with van der Waals surface area (Å²) in [6, 6.07) is 3.96. The molecule has 21 heavy (non-hydrogen) atoms. The minimum Gasteiger partial charge on any atom is -0.466 e. The van der Waals surface area contributed by atoms with E-state index >= 15 is 0 Å². The number of carbonyl (C=O) groups excluding carboxylic acids is 1. The molecule has 2 aromatic heterocycles. The Morgan fingerprint density at radius 1 is 1.33 bits per heavy atom. The third-order valence-corrected chi connectivity index (χ3v) is 3.72. The number of hydrogen-bond acceptors (Lipinski definition) is 6. The summed E-state index contributed by atoms with van der Waals surface area (Å²) in [7, 11) is 0. The first-order valence-electron chi connectivity index (χ1n) is 6.89. The summed E-state index contributed by atoms with van der Waals surface area (Å²) in [6.07, 6.45) is 0.963. The van der Waals surface area contributed by atoms with Crippen LogP contribution < -0.4 is 5.32 Å². The van der Waals surface area contributed by atoms with E-state index in [1.54, 1.807) is 6.92 Å². The zero-order chi connectivity index (χ0) is 15.2. The topological polar surface area (TPSA) is 64.1 Å². The quantitative estimate of drug-likeness (QED) is 0.829. The van der Waals surface area contributed by atoms with Gasteiger partial charge in [-0.3, -0.25) is 9.78 Å². The standard InChI is InChI=1S/C15H19N3O2S/c1-4-20-14(19)8-6-12-9-21-15(17-12)18-13-7-5-10(2)16-11(13)3/h5,7,9H,4,6,8H2,1-3H3,(H,17,18). The van der Waals surface area contributed by atoms with Gasteiger partial charge in [0.15, 0.2) is 5.13 Å². The molecule has 0 radical (unpaired) electrons. The Bertz CT molecular complexity index is 625. The highest BCUT2D eigenvalue weighted by molar-refractivity contribution is 7.13. The van der Waals surface area contributed by atoms with Crippen molar-refractivity contribution in [2.45, 2.75) is 33.6 Å². The van der Waals surface area contributed by atoms with Crippen molar-refractivity contribution in [3.8, 4) is 0 Å². The van der Waals surface area contributed by atoms with Crippen molar-refractivity contribution < 1.29 is 9.53 Å². The molecule has 0 saturated carbocycles. The molecule has 0 spiro atoms. The van der Waals surface area contributed by atoms with Crippen LogP contribution in [0.1, 0.15) is 30.4 Å². The highest BCUT2D eigenvalue weighted by atomic mass is 32.1. The first kappa shape index (κ1) is 15.4. The van der Waals surface area contributed by atoms with Crippen molar-refractivity contribution in [1.82, 2.24) is 9.97 Å². The van der Waals surface area contributed by atoms with E-state index in [2.05, 4.69) is 15.3 Å². The molecule has 0 aliphatic rings. The molecule has 0 amide bonds. The van der Waals surface area contributed by atoms with Gasteiger partial charge in [0, 0.05) is 17.5 Å². The van der Waals surface area contributed by atoms with E-state index in [0.29, 0.717) is 19.4 Å². The molecule has 0 atom stereocenters. The van der Waals surface area contributed by atoms with Gasteiger partial charge in [0.2, 0.25) is 0 Å². The lowest BCUT2D eigenvalue weighted by Crippen LogP contribution is -2.05. The number of ether oxygens (including phenoxy) is 1. The highest BCUT2D eigenvalue weighted by Gasteiger charge is 2.08. The molecule has 0 fully saturated rings. The Hall–Kier alpha value is -1.95. The average molecular weight is 305 g/mol. The van der Waals surface area contributed by atoms with E-state index in [9.17, 15) is 4.79 Å². The van der Waals surface area contributed by atoms with Crippen molar-refractivity contribution >= 4 is 28.1 Å². The highest BCUT2D eigenvalue weighted by Crippen LogP contribution is 2.23. The SMILES string of the molecule is CCOC(=O)CCc1csc(Nc2ccc(C)nc2C)n1. The summed E-state index contributed by atoms with van der Waals surface area (Å²) in [4.78, 5) is 20.2. The van der Waals surface area contributed by atoms with E-state index in [4.69, 9.17) is 4.74 Å². The van der Waals surface area contributed by atoms with Gasteiger partial charge in [-0.15, -0.1) is 11.3 Å². The predicted octanol–water partition coefficient (Wildman–Crippen LogP) is 3.39. The maximum Gasteiger partial charge on any atom is 0.306 e. The van der Waals surface area contributed by atoms with Crippen LogP contribution in [0.15, 0.2) is 17.5 Å². The van der Waals surface area contributed by atoms with Crippen LogP contribution in [0.2, 0.25) is 0 Å². The van der Waals surface area contributed by atoms with Crippen LogP contribution in [0, 0.1) is 13.8 Å². The monoisotopic (exact) mass is 305 g/mol. The van der Waals surface area contributed by atoms with Gasteiger partial charge in [-0.25, -0.2) is 4.98 Å². The maximum absolute atomic E-state index is 11.3. The van der Waals surface area contributed by atoms with Gasteiger partial charge in [0.05, 0.1) is 30.1 Å². The molecule has 0 aliphatic heterocycles. The Morgan fingerprint density at radius 3 is 2.86 bits per heavy atom. The first-order valence-corrected chi connectivity index (χ1v) is 7.77. The number of carbonyl (C=O) groups is 1. The second-order valence-corrected chi connectivity index (χ2v) is 5.52. The molecule has 2 heterocycles. The molecule has 112 valence electrons. The van der Waals surface area contributed by atoms with Crippen molar-refractivity contribution in [2.75, 3.05) is 11.9 Å². The van der Waals surface area contributed by atoms with Gasteiger partial charge in [0.1, 0.15) is 0 Å². The third-order valence-electron chi connectivity index (χ3n) is 2.91. The van der Waals surface area contributed by atoms with Crippen LogP contribution in [-0.2, 0) is 16.0 Å². The molecule has 5 nitrogen and oxygen atoms in total. The molecule has 0 unspecified atom stereocenters. The van der Waals surface area contributed by atoms with E-state index in [0.717, 1.165) is 27.9 Å². The number of thiazole rings is 1. The number of hydrogen-bond donors (Lipinski definition) is 1. The van der Waals surface area contributed by atoms with Crippen molar-refractivity contribution in [3.05, 3.63) is 34.6 Å². The number of aryl methyl sites for hydroxylation is 3. The minimum absolute atomic E-state index is 0.182. The Kier molecular flexibility index (Phi) is 5.27. The summed E-state index contributed by atoms with van der Waals surface area (Å²) >= 11 is 1.52. The van der Waals surface area contributed by atoms with Crippen LogP contribution in [0.25, 0.3) is 0 Å². The first-order chi connectivity index (χ1) is 10.1.